The van der Waals surface area contributed by atoms with E-state index >= 15 is 0 Å². The van der Waals surface area contributed by atoms with Gasteiger partial charge >= 0.3 is 0 Å². The minimum Gasteiger partial charge on any atom is -0.368 e. The maximum Gasteiger partial charge on any atom is 0.226 e. The largest absolute Gasteiger partial charge is 0.368 e. The molecule has 0 bridgehead atoms. The molecule has 0 aromatic carbocycles. The SMILES string of the molecule is Cc1cc(NCCn2ccnn2)nc(N(C)C)n1. The van der Waals surface area contributed by atoms with Gasteiger partial charge in [0.15, 0.2) is 0 Å². The highest BCUT2D eigenvalue weighted by Gasteiger charge is 2.03. The van der Waals surface area contributed by atoms with Gasteiger partial charge in [-0.3, -0.25) is 4.68 Å². The van der Waals surface area contributed by atoms with E-state index in [1.54, 1.807) is 10.9 Å². The second-order valence-electron chi connectivity index (χ2n) is 4.18. The molecule has 2 rings (SSSR count). The van der Waals surface area contributed by atoms with E-state index in [1.165, 1.54) is 0 Å². The number of nitrogens with zero attached hydrogens (tertiary/aromatic N) is 6. The van der Waals surface area contributed by atoms with Crippen molar-refractivity contribution in [2.75, 3.05) is 30.9 Å². The Bertz CT molecular complexity index is 492. The summed E-state index contributed by atoms with van der Waals surface area (Å²) in [6.07, 6.45) is 3.50. The zero-order valence-electron chi connectivity index (χ0n) is 10.8. The van der Waals surface area contributed by atoms with E-state index in [-0.39, 0.29) is 0 Å². The lowest BCUT2D eigenvalue weighted by molar-refractivity contribution is 0.608. The van der Waals surface area contributed by atoms with Crippen LogP contribution in [0.1, 0.15) is 5.69 Å². The Morgan fingerprint density at radius 3 is 2.83 bits per heavy atom. The normalized spacial score (nSPS) is 10.4. The van der Waals surface area contributed by atoms with Gasteiger partial charge in [0.2, 0.25) is 5.95 Å². The summed E-state index contributed by atoms with van der Waals surface area (Å²) in [5.41, 5.74) is 0.942. The highest BCUT2D eigenvalue weighted by molar-refractivity contribution is 5.42. The van der Waals surface area contributed by atoms with E-state index in [0.29, 0.717) is 5.95 Å². The van der Waals surface area contributed by atoms with Gasteiger partial charge in [-0.15, -0.1) is 5.10 Å². The van der Waals surface area contributed by atoms with Gasteiger partial charge in [0.1, 0.15) is 5.82 Å². The predicted octanol–water partition coefficient (Wildman–Crippen LogP) is 0.555. The Balaban J connectivity index is 1.96. The van der Waals surface area contributed by atoms with Gasteiger partial charge in [-0.1, -0.05) is 5.21 Å². The summed E-state index contributed by atoms with van der Waals surface area (Å²) in [6.45, 7) is 3.45. The Kier molecular flexibility index (Phi) is 3.71. The van der Waals surface area contributed by atoms with Gasteiger partial charge in [0.25, 0.3) is 0 Å². The standard InChI is InChI=1S/C11H17N7/c1-9-8-10(15-11(14-9)17(2)3)12-4-6-18-7-5-13-16-18/h5,7-8H,4,6H2,1-3H3,(H,12,14,15). The van der Waals surface area contributed by atoms with Crippen molar-refractivity contribution in [1.82, 2.24) is 25.0 Å². The molecule has 0 amide bonds. The van der Waals surface area contributed by atoms with Gasteiger partial charge in [-0.05, 0) is 6.92 Å². The van der Waals surface area contributed by atoms with Crippen molar-refractivity contribution in [3.8, 4) is 0 Å². The number of hydrogen-bond donors (Lipinski definition) is 1. The first kappa shape index (κ1) is 12.3. The van der Waals surface area contributed by atoms with Gasteiger partial charge in [0, 0.05) is 38.6 Å². The van der Waals surface area contributed by atoms with Crippen LogP contribution in [0, 0.1) is 6.92 Å². The topological polar surface area (TPSA) is 71.8 Å². The second-order valence-corrected chi connectivity index (χ2v) is 4.18. The molecule has 0 aliphatic heterocycles. The zero-order valence-corrected chi connectivity index (χ0v) is 10.8. The molecule has 2 aromatic heterocycles. The fourth-order valence-corrected chi connectivity index (χ4v) is 1.49. The Morgan fingerprint density at radius 1 is 1.33 bits per heavy atom. The van der Waals surface area contributed by atoms with E-state index < -0.39 is 0 Å². The molecule has 7 heteroatoms. The lowest BCUT2D eigenvalue weighted by Crippen LogP contribution is -2.16. The molecule has 1 N–H and O–H groups in total. The van der Waals surface area contributed by atoms with Crippen molar-refractivity contribution < 1.29 is 0 Å². The molecular formula is C11H17N7. The molecule has 0 aliphatic carbocycles. The molecule has 0 radical (unpaired) electrons. The van der Waals surface area contributed by atoms with Crippen LogP contribution in [0.2, 0.25) is 0 Å². The third kappa shape index (κ3) is 3.16. The van der Waals surface area contributed by atoms with Crippen molar-refractivity contribution in [3.05, 3.63) is 24.2 Å². The third-order valence-electron chi connectivity index (χ3n) is 2.36. The van der Waals surface area contributed by atoms with Crippen molar-refractivity contribution in [2.45, 2.75) is 13.5 Å². The molecule has 0 spiro atoms. The molecule has 7 nitrogen and oxygen atoms in total. The number of nitrogens with one attached hydrogen (secondary N) is 1. The highest BCUT2D eigenvalue weighted by Crippen LogP contribution is 2.11. The van der Waals surface area contributed by atoms with E-state index in [9.17, 15) is 0 Å². The molecule has 18 heavy (non-hydrogen) atoms. The highest BCUT2D eigenvalue weighted by atomic mass is 15.4. The van der Waals surface area contributed by atoms with Gasteiger partial charge < -0.3 is 10.2 Å². The number of aromatic nitrogens is 5. The summed E-state index contributed by atoms with van der Waals surface area (Å²) < 4.78 is 1.77. The van der Waals surface area contributed by atoms with E-state index in [0.717, 1.165) is 24.6 Å². The van der Waals surface area contributed by atoms with Crippen LogP contribution in [0.3, 0.4) is 0 Å². The first-order valence-corrected chi connectivity index (χ1v) is 5.76. The van der Waals surface area contributed by atoms with Crippen molar-refractivity contribution in [3.63, 3.8) is 0 Å². The first-order valence-electron chi connectivity index (χ1n) is 5.76. The van der Waals surface area contributed by atoms with E-state index in [2.05, 4.69) is 25.6 Å². The number of anilines is 2. The van der Waals surface area contributed by atoms with Gasteiger partial charge in [-0.2, -0.15) is 4.98 Å². The van der Waals surface area contributed by atoms with Crippen molar-refractivity contribution >= 4 is 11.8 Å². The van der Waals surface area contributed by atoms with Gasteiger partial charge in [-0.25, -0.2) is 4.98 Å². The molecule has 2 aromatic rings. The van der Waals surface area contributed by atoms with Crippen LogP contribution in [0.4, 0.5) is 11.8 Å². The zero-order chi connectivity index (χ0) is 13.0. The molecule has 0 unspecified atom stereocenters. The summed E-state index contributed by atoms with van der Waals surface area (Å²) in [5.74, 6) is 1.53. The van der Waals surface area contributed by atoms with Crippen LogP contribution < -0.4 is 10.2 Å². The Morgan fingerprint density at radius 2 is 2.17 bits per heavy atom. The monoisotopic (exact) mass is 247 g/mol. The molecule has 0 atom stereocenters. The van der Waals surface area contributed by atoms with Crippen molar-refractivity contribution in [2.24, 2.45) is 0 Å². The fourth-order valence-electron chi connectivity index (χ4n) is 1.49. The number of hydrogen-bond acceptors (Lipinski definition) is 6. The smallest absolute Gasteiger partial charge is 0.226 e. The van der Waals surface area contributed by atoms with Crippen LogP contribution in [0.15, 0.2) is 18.5 Å². The summed E-state index contributed by atoms with van der Waals surface area (Å²) in [5, 5.41) is 10.9. The van der Waals surface area contributed by atoms with Crippen molar-refractivity contribution in [1.29, 1.82) is 0 Å². The summed E-state index contributed by atoms with van der Waals surface area (Å²) >= 11 is 0. The molecule has 0 saturated heterocycles. The number of aryl methyl sites for hydroxylation is 1. The maximum atomic E-state index is 4.41. The van der Waals surface area contributed by atoms with Crippen LogP contribution in [-0.4, -0.2) is 45.6 Å². The first-order chi connectivity index (χ1) is 8.65. The predicted molar refractivity (Wildman–Crippen MR) is 69.6 cm³/mol. The minimum absolute atomic E-state index is 0.707. The summed E-state index contributed by atoms with van der Waals surface area (Å²) in [4.78, 5) is 10.6. The fraction of sp³-hybridized carbons (Fsp3) is 0.455. The van der Waals surface area contributed by atoms with E-state index in [1.807, 2.05) is 38.2 Å². The van der Waals surface area contributed by atoms with E-state index in [4.69, 9.17) is 0 Å². The molecular weight excluding hydrogens is 230 g/mol. The Labute approximate surface area is 106 Å². The van der Waals surface area contributed by atoms with Crippen LogP contribution in [-0.2, 0) is 6.54 Å². The Hall–Kier alpha value is -2.18. The summed E-state index contributed by atoms with van der Waals surface area (Å²) in [6, 6.07) is 1.92. The summed E-state index contributed by atoms with van der Waals surface area (Å²) in [7, 11) is 3.85. The second kappa shape index (κ2) is 5.44. The third-order valence-corrected chi connectivity index (χ3v) is 2.36. The average molecular weight is 247 g/mol. The molecule has 0 saturated carbocycles. The van der Waals surface area contributed by atoms with Crippen LogP contribution in [0.5, 0.6) is 0 Å². The van der Waals surface area contributed by atoms with Crippen LogP contribution in [0.25, 0.3) is 0 Å². The molecule has 0 aliphatic rings. The average Bonchev–Trinajstić information content (AvgIpc) is 2.81. The maximum absolute atomic E-state index is 4.41. The number of rotatable bonds is 5. The quantitative estimate of drug-likeness (QED) is 0.832. The lowest BCUT2D eigenvalue weighted by atomic mass is 10.4. The lowest BCUT2D eigenvalue weighted by Gasteiger charge is -2.13. The molecule has 0 fully saturated rings. The molecule has 2 heterocycles. The minimum atomic E-state index is 0.707. The van der Waals surface area contributed by atoms with Gasteiger partial charge in [0.05, 0.1) is 12.7 Å². The molecule has 96 valence electrons. The van der Waals surface area contributed by atoms with Crippen LogP contribution >= 0.6 is 0 Å².